The summed E-state index contributed by atoms with van der Waals surface area (Å²) in [6, 6.07) is 8.42. The minimum absolute atomic E-state index is 0.915. The number of nitrogens with zero attached hydrogens (tertiary/aromatic N) is 1. The van der Waals surface area contributed by atoms with Crippen LogP contribution in [0.4, 0.5) is 0 Å². The maximum Gasteiger partial charge on any atom is 0.0938 e. The minimum atomic E-state index is 0.915. The van der Waals surface area contributed by atoms with E-state index in [9.17, 15) is 0 Å². The molecule has 2 aromatic rings. The van der Waals surface area contributed by atoms with E-state index in [1.54, 1.807) is 0 Å². The van der Waals surface area contributed by atoms with Crippen LogP contribution in [0.15, 0.2) is 28.7 Å². The smallest absolute Gasteiger partial charge is 0.0938 e. The van der Waals surface area contributed by atoms with E-state index in [4.69, 9.17) is 4.98 Å². The molecule has 1 aromatic carbocycles. The van der Waals surface area contributed by atoms with E-state index >= 15 is 0 Å². The van der Waals surface area contributed by atoms with Crippen LogP contribution in [-0.4, -0.2) is 4.98 Å². The molecular formula is C14H14BrNS. The van der Waals surface area contributed by atoms with E-state index in [2.05, 4.69) is 47.1 Å². The van der Waals surface area contributed by atoms with Crippen LogP contribution in [0.5, 0.6) is 0 Å². The third-order valence-electron chi connectivity index (χ3n) is 3.12. The van der Waals surface area contributed by atoms with Crippen molar-refractivity contribution in [2.45, 2.75) is 26.2 Å². The first-order chi connectivity index (χ1) is 8.22. The second kappa shape index (κ2) is 4.54. The van der Waals surface area contributed by atoms with Gasteiger partial charge in [0.2, 0.25) is 0 Å². The highest BCUT2D eigenvalue weighted by Crippen LogP contribution is 2.36. The van der Waals surface area contributed by atoms with Crippen molar-refractivity contribution in [1.29, 1.82) is 0 Å². The molecule has 1 aromatic heterocycles. The van der Waals surface area contributed by atoms with Gasteiger partial charge in [-0.05, 0) is 37.8 Å². The fourth-order valence-corrected chi connectivity index (χ4v) is 3.32. The fourth-order valence-electron chi connectivity index (χ4n) is 1.98. The fraction of sp³-hybridized carbons (Fsp3) is 0.357. The third-order valence-corrected chi connectivity index (χ3v) is 4.64. The number of halogens is 1. The Balaban J connectivity index is 1.90. The molecule has 88 valence electrons. The van der Waals surface area contributed by atoms with Crippen molar-refractivity contribution in [2.75, 3.05) is 0 Å². The van der Waals surface area contributed by atoms with Gasteiger partial charge in [-0.2, -0.15) is 0 Å². The van der Waals surface area contributed by atoms with E-state index < -0.39 is 0 Å². The van der Waals surface area contributed by atoms with E-state index in [1.165, 1.54) is 34.7 Å². The van der Waals surface area contributed by atoms with Gasteiger partial charge >= 0.3 is 0 Å². The second-order valence-electron chi connectivity index (χ2n) is 4.67. The quantitative estimate of drug-likeness (QED) is 0.791. The molecule has 0 spiro atoms. The van der Waals surface area contributed by atoms with E-state index in [1.807, 2.05) is 11.3 Å². The number of hydrogen-bond donors (Lipinski definition) is 0. The van der Waals surface area contributed by atoms with Gasteiger partial charge in [-0.3, -0.25) is 0 Å². The zero-order chi connectivity index (χ0) is 11.8. The summed E-state index contributed by atoms with van der Waals surface area (Å²) < 4.78 is 1.12. The van der Waals surface area contributed by atoms with Crippen molar-refractivity contribution in [3.63, 3.8) is 0 Å². The lowest BCUT2D eigenvalue weighted by Gasteiger charge is -1.98. The zero-order valence-electron chi connectivity index (χ0n) is 9.74. The number of aromatic nitrogens is 1. The van der Waals surface area contributed by atoms with Crippen molar-refractivity contribution in [2.24, 2.45) is 5.92 Å². The molecule has 0 unspecified atom stereocenters. The van der Waals surface area contributed by atoms with Crippen LogP contribution in [0.25, 0.3) is 11.3 Å². The van der Waals surface area contributed by atoms with Gasteiger partial charge in [0.05, 0.1) is 10.7 Å². The number of hydrogen-bond acceptors (Lipinski definition) is 2. The predicted molar refractivity (Wildman–Crippen MR) is 76.4 cm³/mol. The van der Waals surface area contributed by atoms with Crippen LogP contribution in [0.1, 0.15) is 22.7 Å². The van der Waals surface area contributed by atoms with Crippen molar-refractivity contribution in [3.05, 3.63) is 38.6 Å². The highest BCUT2D eigenvalue weighted by atomic mass is 79.9. The molecule has 0 aliphatic heterocycles. The van der Waals surface area contributed by atoms with Crippen LogP contribution in [0, 0.1) is 12.8 Å². The summed E-state index contributed by atoms with van der Waals surface area (Å²) in [7, 11) is 0. The van der Waals surface area contributed by atoms with Crippen LogP contribution in [-0.2, 0) is 6.42 Å². The van der Waals surface area contributed by atoms with E-state index in [0.29, 0.717) is 0 Å². The summed E-state index contributed by atoms with van der Waals surface area (Å²) in [6.07, 6.45) is 3.97. The largest absolute Gasteiger partial charge is 0.241 e. The van der Waals surface area contributed by atoms with Gasteiger partial charge in [0, 0.05) is 21.3 Å². The Hall–Kier alpha value is -0.670. The van der Waals surface area contributed by atoms with Gasteiger partial charge < -0.3 is 0 Å². The van der Waals surface area contributed by atoms with Gasteiger partial charge in [-0.25, -0.2) is 4.98 Å². The molecule has 17 heavy (non-hydrogen) atoms. The first-order valence-corrected chi connectivity index (χ1v) is 7.55. The van der Waals surface area contributed by atoms with Gasteiger partial charge in [0.25, 0.3) is 0 Å². The molecule has 1 saturated carbocycles. The number of rotatable bonds is 3. The lowest BCUT2D eigenvalue weighted by atomic mass is 10.1. The molecule has 0 bridgehead atoms. The molecule has 0 radical (unpaired) electrons. The molecule has 1 nitrogen and oxygen atoms in total. The molecule has 3 rings (SSSR count). The molecule has 1 aliphatic rings. The topological polar surface area (TPSA) is 12.9 Å². The Kier molecular flexibility index (Phi) is 3.05. The normalized spacial score (nSPS) is 15.2. The Morgan fingerprint density at radius 2 is 2.00 bits per heavy atom. The third kappa shape index (κ3) is 2.61. The first-order valence-electron chi connectivity index (χ1n) is 5.94. The summed E-state index contributed by atoms with van der Waals surface area (Å²) in [5.74, 6) is 0.915. The highest BCUT2D eigenvalue weighted by Gasteiger charge is 2.23. The summed E-state index contributed by atoms with van der Waals surface area (Å²) in [6.45, 7) is 2.17. The van der Waals surface area contributed by atoms with Crippen LogP contribution < -0.4 is 0 Å². The average Bonchev–Trinajstić information content (AvgIpc) is 3.03. The maximum atomic E-state index is 4.79. The van der Waals surface area contributed by atoms with Crippen molar-refractivity contribution in [1.82, 2.24) is 4.98 Å². The van der Waals surface area contributed by atoms with Gasteiger partial charge in [0.1, 0.15) is 0 Å². The van der Waals surface area contributed by atoms with Crippen LogP contribution in [0.2, 0.25) is 0 Å². The Labute approximate surface area is 114 Å². The van der Waals surface area contributed by atoms with Crippen LogP contribution >= 0.6 is 27.3 Å². The van der Waals surface area contributed by atoms with Crippen LogP contribution in [0.3, 0.4) is 0 Å². The molecule has 0 N–H and O–H groups in total. The van der Waals surface area contributed by atoms with E-state index in [0.717, 1.165) is 16.1 Å². The Morgan fingerprint density at radius 3 is 2.65 bits per heavy atom. The summed E-state index contributed by atoms with van der Waals surface area (Å²) in [5, 5.41) is 1.31. The average molecular weight is 308 g/mol. The highest BCUT2D eigenvalue weighted by molar-refractivity contribution is 9.10. The number of thiazole rings is 1. The molecule has 0 saturated heterocycles. The molecule has 0 amide bonds. The predicted octanol–water partition coefficient (Wildman–Crippen LogP) is 4.83. The molecule has 3 heteroatoms. The second-order valence-corrected chi connectivity index (χ2v) is 6.87. The Morgan fingerprint density at radius 1 is 1.29 bits per heavy atom. The molecule has 1 aliphatic carbocycles. The minimum Gasteiger partial charge on any atom is -0.241 e. The summed E-state index contributed by atoms with van der Waals surface area (Å²) in [4.78, 5) is 6.13. The SMILES string of the molecule is Cc1sc(CC2CC2)nc1-c1ccc(Br)cc1. The van der Waals surface area contributed by atoms with E-state index in [-0.39, 0.29) is 0 Å². The molecule has 0 atom stereocenters. The summed E-state index contributed by atoms with van der Waals surface area (Å²) in [5.41, 5.74) is 2.39. The summed E-state index contributed by atoms with van der Waals surface area (Å²) >= 11 is 5.32. The molecule has 1 heterocycles. The first kappa shape index (κ1) is 11.4. The van der Waals surface area contributed by atoms with Crippen molar-refractivity contribution >= 4 is 27.3 Å². The maximum absolute atomic E-state index is 4.79. The van der Waals surface area contributed by atoms with Gasteiger partial charge in [0.15, 0.2) is 0 Å². The zero-order valence-corrected chi connectivity index (χ0v) is 12.1. The van der Waals surface area contributed by atoms with Gasteiger partial charge in [-0.15, -0.1) is 11.3 Å². The Bertz CT molecular complexity index is 526. The number of aryl methyl sites for hydroxylation is 1. The lowest BCUT2D eigenvalue weighted by molar-refractivity contribution is 0.825. The monoisotopic (exact) mass is 307 g/mol. The van der Waals surface area contributed by atoms with Crippen molar-refractivity contribution in [3.8, 4) is 11.3 Å². The lowest BCUT2D eigenvalue weighted by Crippen LogP contribution is -1.86. The van der Waals surface area contributed by atoms with Crippen molar-refractivity contribution < 1.29 is 0 Å². The number of benzene rings is 1. The molecular weight excluding hydrogens is 294 g/mol. The standard InChI is InChI=1S/C14H14BrNS/c1-9-14(11-4-6-12(15)7-5-11)16-13(17-9)8-10-2-3-10/h4-7,10H,2-3,8H2,1H3. The van der Waals surface area contributed by atoms with Gasteiger partial charge in [-0.1, -0.05) is 28.1 Å². The molecule has 1 fully saturated rings.